The molecule has 0 aromatic heterocycles. The molecule has 29 heavy (non-hydrogen) atoms. The minimum atomic E-state index is -0.646. The maximum Gasteiger partial charge on any atom is 0.190 e. The molecule has 172 valence electrons. The van der Waals surface area contributed by atoms with Crippen molar-refractivity contribution in [1.82, 2.24) is 5.32 Å². The third kappa shape index (κ3) is 8.08. The van der Waals surface area contributed by atoms with Crippen LogP contribution in [0.15, 0.2) is 0 Å². The number of nitrogens with one attached hydrogen (secondary N) is 1. The summed E-state index contributed by atoms with van der Waals surface area (Å²) in [7, 11) is 1.69. The van der Waals surface area contributed by atoms with Gasteiger partial charge in [-0.3, -0.25) is 0 Å². The van der Waals surface area contributed by atoms with Crippen LogP contribution < -0.4 is 5.32 Å². The van der Waals surface area contributed by atoms with E-state index < -0.39 is 12.1 Å². The van der Waals surface area contributed by atoms with Gasteiger partial charge in [0.05, 0.1) is 0 Å². The normalized spacial score (nSPS) is 29.3. The molecule has 2 heterocycles. The Balaban J connectivity index is 1.63. The quantitative estimate of drug-likeness (QED) is 0.369. The molecule has 0 radical (unpaired) electrons. The molecule has 6 heteroatoms. The van der Waals surface area contributed by atoms with E-state index in [0.29, 0.717) is 6.42 Å². The summed E-state index contributed by atoms with van der Waals surface area (Å²) in [4.78, 5) is 0. The molecule has 0 saturated carbocycles. The molecule has 2 saturated heterocycles. The highest BCUT2D eigenvalue weighted by Crippen LogP contribution is 2.39. The minimum Gasteiger partial charge on any atom is -0.396 e. The summed E-state index contributed by atoms with van der Waals surface area (Å²) in [5.41, 5.74) is 0. The molecule has 0 spiro atoms. The summed E-state index contributed by atoms with van der Waals surface area (Å²) >= 11 is 0. The third-order valence-electron chi connectivity index (χ3n) is 6.07. The summed E-state index contributed by atoms with van der Waals surface area (Å²) in [6.07, 6.45) is 12.9. The highest BCUT2D eigenvalue weighted by atomic mass is 16.8. The van der Waals surface area contributed by atoms with Gasteiger partial charge in [-0.1, -0.05) is 64.7 Å². The number of fused-ring (bicyclic) bond motifs is 1. The smallest absolute Gasteiger partial charge is 0.190 e. The van der Waals surface area contributed by atoms with E-state index in [0.717, 1.165) is 13.0 Å². The lowest BCUT2D eigenvalue weighted by atomic mass is 10.0. The van der Waals surface area contributed by atoms with Crippen molar-refractivity contribution in [3.05, 3.63) is 0 Å². The molecule has 0 bridgehead atoms. The number of hydrogen-bond donors (Lipinski definition) is 2. The van der Waals surface area contributed by atoms with Crippen LogP contribution in [-0.2, 0) is 18.9 Å². The van der Waals surface area contributed by atoms with Crippen LogP contribution in [0.1, 0.15) is 91.4 Å². The topological polar surface area (TPSA) is 69.2 Å². The summed E-state index contributed by atoms with van der Waals surface area (Å²) < 4.78 is 23.7. The molecule has 6 nitrogen and oxygen atoms in total. The first-order valence-corrected chi connectivity index (χ1v) is 11.9. The average Bonchev–Trinajstić information content (AvgIpc) is 3.16. The summed E-state index contributed by atoms with van der Waals surface area (Å²) in [5.74, 6) is -0.646. The van der Waals surface area contributed by atoms with Gasteiger partial charge < -0.3 is 29.4 Å². The van der Waals surface area contributed by atoms with Crippen molar-refractivity contribution in [2.24, 2.45) is 0 Å². The highest BCUT2D eigenvalue weighted by Gasteiger charge is 2.56. The van der Waals surface area contributed by atoms with Crippen LogP contribution in [0.4, 0.5) is 0 Å². The molecule has 4 unspecified atom stereocenters. The predicted octanol–water partition coefficient (Wildman–Crippen LogP) is 4.14. The van der Waals surface area contributed by atoms with Gasteiger partial charge in [-0.25, -0.2) is 0 Å². The number of unbranched alkanes of at least 4 members (excludes halogenated alkanes) is 9. The fourth-order valence-corrected chi connectivity index (χ4v) is 4.52. The largest absolute Gasteiger partial charge is 0.396 e. The summed E-state index contributed by atoms with van der Waals surface area (Å²) in [6, 6.07) is 0.0319. The van der Waals surface area contributed by atoms with E-state index in [4.69, 9.17) is 18.9 Å². The van der Waals surface area contributed by atoms with E-state index in [-0.39, 0.29) is 31.0 Å². The molecule has 2 aliphatic heterocycles. The van der Waals surface area contributed by atoms with Gasteiger partial charge in [-0.15, -0.1) is 0 Å². The van der Waals surface area contributed by atoms with E-state index in [1.54, 1.807) is 7.11 Å². The second kappa shape index (κ2) is 13.2. The Morgan fingerprint density at radius 2 is 1.59 bits per heavy atom. The monoisotopic (exact) mass is 415 g/mol. The van der Waals surface area contributed by atoms with Crippen molar-refractivity contribution in [1.29, 1.82) is 0 Å². The number of rotatable bonds is 16. The molecular formula is C23H45NO5. The lowest BCUT2D eigenvalue weighted by Crippen LogP contribution is -2.49. The summed E-state index contributed by atoms with van der Waals surface area (Å²) in [5, 5.41) is 13.1. The Morgan fingerprint density at radius 3 is 2.17 bits per heavy atom. The summed E-state index contributed by atoms with van der Waals surface area (Å²) in [6.45, 7) is 7.10. The van der Waals surface area contributed by atoms with Gasteiger partial charge in [0.1, 0.15) is 18.3 Å². The van der Waals surface area contributed by atoms with Crippen molar-refractivity contribution in [2.45, 2.75) is 128 Å². The Kier molecular flexibility index (Phi) is 11.4. The fourth-order valence-electron chi connectivity index (χ4n) is 4.52. The van der Waals surface area contributed by atoms with Crippen molar-refractivity contribution < 1.29 is 24.1 Å². The first kappa shape index (κ1) is 25.0. The Hall–Kier alpha value is -0.240. The molecule has 0 amide bonds. The van der Waals surface area contributed by atoms with Crippen molar-refractivity contribution in [3.8, 4) is 0 Å². The average molecular weight is 416 g/mol. The van der Waals surface area contributed by atoms with Gasteiger partial charge in [0, 0.05) is 19.8 Å². The predicted molar refractivity (Wildman–Crippen MR) is 115 cm³/mol. The van der Waals surface area contributed by atoms with E-state index in [2.05, 4.69) is 12.2 Å². The highest BCUT2D eigenvalue weighted by molar-refractivity contribution is 4.98. The van der Waals surface area contributed by atoms with E-state index in [1.165, 1.54) is 57.8 Å². The maximum absolute atomic E-state index is 9.52. The lowest BCUT2D eigenvalue weighted by Gasteiger charge is -2.30. The number of aliphatic hydroxyl groups excluding tert-OH is 1. The van der Waals surface area contributed by atoms with Gasteiger partial charge in [-0.2, -0.15) is 0 Å². The van der Waals surface area contributed by atoms with Gasteiger partial charge in [0.25, 0.3) is 0 Å². The molecule has 0 aromatic carbocycles. The number of methoxy groups -OCH3 is 1. The zero-order valence-corrected chi connectivity index (χ0v) is 19.2. The van der Waals surface area contributed by atoms with Crippen LogP contribution in [-0.4, -0.2) is 61.8 Å². The zero-order chi connectivity index (χ0) is 21.1. The Labute approximate surface area is 178 Å². The zero-order valence-electron chi connectivity index (χ0n) is 19.2. The van der Waals surface area contributed by atoms with Crippen LogP contribution in [0.5, 0.6) is 0 Å². The Bertz CT molecular complexity index is 433. The molecule has 0 aromatic rings. The first-order valence-electron chi connectivity index (χ1n) is 11.9. The van der Waals surface area contributed by atoms with E-state index in [9.17, 15) is 5.11 Å². The second-order valence-electron chi connectivity index (χ2n) is 9.02. The first-order chi connectivity index (χ1) is 14.0. The number of hydrogen-bond acceptors (Lipinski definition) is 6. The second-order valence-corrected chi connectivity index (χ2v) is 9.02. The lowest BCUT2D eigenvalue weighted by molar-refractivity contribution is -0.220. The molecular weight excluding hydrogens is 370 g/mol. The van der Waals surface area contributed by atoms with Gasteiger partial charge in [0.2, 0.25) is 0 Å². The van der Waals surface area contributed by atoms with Crippen LogP contribution in [0.2, 0.25) is 0 Å². The van der Waals surface area contributed by atoms with Crippen LogP contribution in [0.25, 0.3) is 0 Å². The standard InChI is InChI=1S/C23H45NO5/c1-5-6-7-8-9-10-11-12-13-14-16-24-18(15-17-25)19-20(26-4)21-22(27-19)29-23(2,3)28-21/h18-22,24-25H,5-17H2,1-4H3/t18?,19?,20-,21?,22?/m1/s1. The Morgan fingerprint density at radius 1 is 0.966 bits per heavy atom. The van der Waals surface area contributed by atoms with Crippen molar-refractivity contribution in [2.75, 3.05) is 20.3 Å². The minimum absolute atomic E-state index is 0.0319. The number of aliphatic hydroxyl groups is 1. The fraction of sp³-hybridized carbons (Fsp3) is 1.00. The molecule has 2 aliphatic rings. The molecule has 2 fully saturated rings. The molecule has 2 N–H and O–H groups in total. The van der Waals surface area contributed by atoms with Gasteiger partial charge in [-0.05, 0) is 33.2 Å². The maximum atomic E-state index is 9.52. The van der Waals surface area contributed by atoms with Crippen molar-refractivity contribution >= 4 is 0 Å². The van der Waals surface area contributed by atoms with Crippen molar-refractivity contribution in [3.63, 3.8) is 0 Å². The molecule has 2 rings (SSSR count). The van der Waals surface area contributed by atoms with Crippen LogP contribution in [0.3, 0.4) is 0 Å². The molecule has 0 aliphatic carbocycles. The van der Waals surface area contributed by atoms with Gasteiger partial charge in [0.15, 0.2) is 12.1 Å². The van der Waals surface area contributed by atoms with Crippen LogP contribution >= 0.6 is 0 Å². The van der Waals surface area contributed by atoms with E-state index in [1.807, 2.05) is 13.8 Å². The SMILES string of the molecule is CCCCCCCCCCCCNC(CCO)C1OC2OC(C)(C)OC2[C@@H]1OC. The third-order valence-corrected chi connectivity index (χ3v) is 6.07. The van der Waals surface area contributed by atoms with Gasteiger partial charge >= 0.3 is 0 Å². The molecule has 5 atom stereocenters. The van der Waals surface area contributed by atoms with E-state index >= 15 is 0 Å². The number of ether oxygens (including phenoxy) is 4. The van der Waals surface area contributed by atoms with Crippen LogP contribution in [0, 0.1) is 0 Å².